The third-order valence-corrected chi connectivity index (χ3v) is 5.40. The number of rotatable bonds is 7. The van der Waals surface area contributed by atoms with Crippen LogP contribution in [0.4, 0.5) is 14.6 Å². The summed E-state index contributed by atoms with van der Waals surface area (Å²) < 4.78 is 30.2. The van der Waals surface area contributed by atoms with Gasteiger partial charge in [-0.05, 0) is 43.3 Å². The minimum Gasteiger partial charge on any atom is -0.349 e. The lowest BCUT2D eigenvalue weighted by Gasteiger charge is -2.11. The van der Waals surface area contributed by atoms with E-state index in [4.69, 9.17) is 17.3 Å². The zero-order valence-corrected chi connectivity index (χ0v) is 19.8. The van der Waals surface area contributed by atoms with Crippen molar-refractivity contribution in [2.75, 3.05) is 11.9 Å². The highest BCUT2D eigenvalue weighted by molar-refractivity contribution is 6.34. The van der Waals surface area contributed by atoms with Gasteiger partial charge >= 0.3 is 0 Å². The zero-order chi connectivity index (χ0) is 25.8. The molecule has 0 unspecified atom stereocenters. The number of hydrogen-bond donors (Lipinski definition) is 3. The highest BCUT2D eigenvalue weighted by Gasteiger charge is 2.22. The van der Waals surface area contributed by atoms with Crippen molar-refractivity contribution in [3.63, 3.8) is 0 Å². The maximum Gasteiger partial charge on any atom is 0.271 e. The van der Waals surface area contributed by atoms with E-state index in [9.17, 15) is 18.4 Å². The number of nitrogens with zero attached hydrogens (tertiary/aromatic N) is 3. The van der Waals surface area contributed by atoms with E-state index < -0.39 is 23.4 Å². The molecule has 2 aromatic heterocycles. The topological polar surface area (TPSA) is 115 Å². The Morgan fingerprint density at radius 3 is 2.50 bits per heavy atom. The average molecular weight is 511 g/mol. The van der Waals surface area contributed by atoms with Crippen LogP contribution in [0.15, 0.2) is 66.9 Å². The third kappa shape index (κ3) is 5.40. The normalized spacial score (nSPS) is 11.7. The summed E-state index contributed by atoms with van der Waals surface area (Å²) in [5.41, 5.74) is 5.70. The summed E-state index contributed by atoms with van der Waals surface area (Å²) in [6.45, 7) is 1.97. The van der Waals surface area contributed by atoms with Crippen LogP contribution < -0.4 is 16.4 Å². The molecule has 0 aliphatic carbocycles. The van der Waals surface area contributed by atoms with Gasteiger partial charge in [-0.25, -0.2) is 13.5 Å². The Morgan fingerprint density at radius 2 is 1.81 bits per heavy atom. The van der Waals surface area contributed by atoms with Crippen molar-refractivity contribution in [2.45, 2.75) is 13.0 Å². The first-order valence-electron chi connectivity index (χ1n) is 10.8. The van der Waals surface area contributed by atoms with Crippen molar-refractivity contribution in [2.24, 2.45) is 5.73 Å². The molecule has 11 heteroatoms. The van der Waals surface area contributed by atoms with E-state index in [1.165, 1.54) is 23.0 Å². The standard InChI is InChI=1S/C25H21ClF2N6O2/c1-14(29)13-31-25(36)21-12-22(34(33-21)15-6-3-2-4-7-15)32-24(35)16-10-17(20(28)11-18(16)26)23-19(27)8-5-9-30-23/h2-12,14H,13,29H2,1H3,(H,31,36)(H,32,35)/t14-/m1/s1. The lowest BCUT2D eigenvalue weighted by molar-refractivity contribution is 0.0945. The molecule has 0 aliphatic heterocycles. The fourth-order valence-corrected chi connectivity index (χ4v) is 3.60. The molecule has 0 saturated heterocycles. The Labute approximate surface area is 210 Å². The van der Waals surface area contributed by atoms with Crippen LogP contribution in [0.1, 0.15) is 27.8 Å². The Balaban J connectivity index is 1.71. The summed E-state index contributed by atoms with van der Waals surface area (Å²) in [5.74, 6) is -2.64. The largest absolute Gasteiger partial charge is 0.349 e. The Bertz CT molecular complexity index is 1430. The van der Waals surface area contributed by atoms with Crippen molar-refractivity contribution in [3.8, 4) is 16.9 Å². The van der Waals surface area contributed by atoms with Crippen molar-refractivity contribution >= 4 is 29.2 Å². The maximum absolute atomic E-state index is 14.6. The molecule has 4 N–H and O–H groups in total. The second-order valence-electron chi connectivity index (χ2n) is 7.95. The number of carbonyl (C=O) groups is 2. The van der Waals surface area contributed by atoms with Crippen LogP contribution in [0.2, 0.25) is 5.02 Å². The highest BCUT2D eigenvalue weighted by Crippen LogP contribution is 2.30. The average Bonchev–Trinajstić information content (AvgIpc) is 3.27. The molecule has 0 bridgehead atoms. The number of aromatic nitrogens is 3. The second kappa shape index (κ2) is 10.6. The number of halogens is 3. The number of hydrogen-bond acceptors (Lipinski definition) is 5. The van der Waals surface area contributed by atoms with E-state index in [-0.39, 0.29) is 45.9 Å². The van der Waals surface area contributed by atoms with E-state index in [2.05, 4.69) is 20.7 Å². The van der Waals surface area contributed by atoms with Gasteiger partial charge in [0.15, 0.2) is 5.69 Å². The van der Waals surface area contributed by atoms with Gasteiger partial charge < -0.3 is 16.4 Å². The molecule has 8 nitrogen and oxygen atoms in total. The van der Waals surface area contributed by atoms with Crippen LogP contribution in [0.25, 0.3) is 16.9 Å². The quantitative estimate of drug-likeness (QED) is 0.345. The molecule has 4 aromatic rings. The first-order chi connectivity index (χ1) is 17.2. The van der Waals surface area contributed by atoms with Gasteiger partial charge in [-0.3, -0.25) is 14.6 Å². The monoisotopic (exact) mass is 510 g/mol. The fraction of sp³-hybridized carbons (Fsp3) is 0.120. The molecule has 184 valence electrons. The molecular weight excluding hydrogens is 490 g/mol. The number of nitrogens with two attached hydrogens (primary N) is 1. The molecule has 1 atom stereocenters. The summed E-state index contributed by atoms with van der Waals surface area (Å²) in [6.07, 6.45) is 1.31. The molecule has 0 spiro atoms. The lowest BCUT2D eigenvalue weighted by atomic mass is 10.1. The van der Waals surface area contributed by atoms with Crippen LogP contribution in [-0.2, 0) is 0 Å². The van der Waals surface area contributed by atoms with E-state index in [1.807, 2.05) is 0 Å². The van der Waals surface area contributed by atoms with Gasteiger partial charge in [-0.1, -0.05) is 29.8 Å². The van der Waals surface area contributed by atoms with E-state index in [0.29, 0.717) is 5.69 Å². The molecular formula is C25H21ClF2N6O2. The number of anilines is 1. The van der Waals surface area contributed by atoms with Gasteiger partial charge in [0.25, 0.3) is 11.8 Å². The first kappa shape index (κ1) is 25.0. The first-order valence-corrected chi connectivity index (χ1v) is 11.2. The maximum atomic E-state index is 14.6. The molecule has 2 amide bonds. The van der Waals surface area contributed by atoms with Crippen molar-refractivity contribution in [1.82, 2.24) is 20.1 Å². The van der Waals surface area contributed by atoms with Gasteiger partial charge in [0.2, 0.25) is 0 Å². The predicted molar refractivity (Wildman–Crippen MR) is 132 cm³/mol. The molecule has 0 radical (unpaired) electrons. The summed E-state index contributed by atoms with van der Waals surface area (Å²) in [7, 11) is 0. The van der Waals surface area contributed by atoms with E-state index in [1.54, 1.807) is 37.3 Å². The number of para-hydroxylation sites is 1. The van der Waals surface area contributed by atoms with E-state index in [0.717, 1.165) is 18.2 Å². The third-order valence-electron chi connectivity index (χ3n) is 5.08. The molecule has 36 heavy (non-hydrogen) atoms. The molecule has 0 aliphatic rings. The van der Waals surface area contributed by atoms with Crippen LogP contribution in [0, 0.1) is 11.6 Å². The zero-order valence-electron chi connectivity index (χ0n) is 19.0. The summed E-state index contributed by atoms with van der Waals surface area (Å²) in [5, 5.41) is 9.44. The minimum absolute atomic E-state index is 0.0382. The minimum atomic E-state index is -0.837. The number of benzene rings is 2. The smallest absolute Gasteiger partial charge is 0.271 e. The van der Waals surface area contributed by atoms with Crippen LogP contribution in [-0.4, -0.2) is 39.2 Å². The van der Waals surface area contributed by atoms with Gasteiger partial charge in [0.1, 0.15) is 23.1 Å². The van der Waals surface area contributed by atoms with Crippen LogP contribution >= 0.6 is 11.6 Å². The summed E-state index contributed by atoms with van der Waals surface area (Å²) in [4.78, 5) is 29.6. The Hall–Kier alpha value is -4.15. The summed E-state index contributed by atoms with van der Waals surface area (Å²) in [6, 6.07) is 14.5. The SMILES string of the molecule is C[C@@H](N)CNC(=O)c1cc(NC(=O)c2cc(-c3ncccc3F)c(F)cc2Cl)n(-c2ccccc2)n1. The number of carbonyl (C=O) groups excluding carboxylic acids is 2. The van der Waals surface area contributed by atoms with Crippen molar-refractivity contribution < 1.29 is 18.4 Å². The number of pyridine rings is 1. The lowest BCUT2D eigenvalue weighted by Crippen LogP contribution is -2.35. The molecule has 2 aromatic carbocycles. The van der Waals surface area contributed by atoms with Gasteiger partial charge in [-0.15, -0.1) is 0 Å². The predicted octanol–water partition coefficient (Wildman–Crippen LogP) is 4.20. The van der Waals surface area contributed by atoms with Gasteiger partial charge in [0, 0.05) is 30.4 Å². The van der Waals surface area contributed by atoms with Crippen LogP contribution in [0.5, 0.6) is 0 Å². The Morgan fingerprint density at radius 1 is 1.06 bits per heavy atom. The van der Waals surface area contributed by atoms with Crippen molar-refractivity contribution in [1.29, 1.82) is 0 Å². The molecule has 0 fully saturated rings. The molecule has 4 rings (SSSR count). The molecule has 2 heterocycles. The van der Waals surface area contributed by atoms with Gasteiger partial charge in [-0.2, -0.15) is 5.10 Å². The van der Waals surface area contributed by atoms with Crippen molar-refractivity contribution in [3.05, 3.63) is 94.8 Å². The van der Waals surface area contributed by atoms with Gasteiger partial charge in [0.05, 0.1) is 16.3 Å². The van der Waals surface area contributed by atoms with E-state index >= 15 is 0 Å². The fourth-order valence-electron chi connectivity index (χ4n) is 3.36. The number of amides is 2. The summed E-state index contributed by atoms with van der Waals surface area (Å²) >= 11 is 6.16. The number of nitrogens with one attached hydrogen (secondary N) is 2. The second-order valence-corrected chi connectivity index (χ2v) is 8.36. The molecule has 0 saturated carbocycles. The Kier molecular flexibility index (Phi) is 7.37. The highest BCUT2D eigenvalue weighted by atomic mass is 35.5. The van der Waals surface area contributed by atoms with Crippen LogP contribution in [0.3, 0.4) is 0 Å².